The number of methoxy groups -OCH3 is 4. The van der Waals surface area contributed by atoms with Gasteiger partial charge in [0.05, 0.1) is 28.4 Å². The van der Waals surface area contributed by atoms with E-state index in [1.54, 1.807) is 34.5 Å². The minimum Gasteiger partial charge on any atom is -0.497 e. The van der Waals surface area contributed by atoms with E-state index in [2.05, 4.69) is 5.32 Å². The zero-order chi connectivity index (χ0) is 18.0. The second kappa shape index (κ2) is 6.93. The van der Waals surface area contributed by atoms with Gasteiger partial charge in [-0.25, -0.2) is 0 Å². The lowest BCUT2D eigenvalue weighted by Crippen LogP contribution is -2.24. The van der Waals surface area contributed by atoms with E-state index in [1.165, 1.54) is 0 Å². The van der Waals surface area contributed by atoms with E-state index >= 15 is 0 Å². The van der Waals surface area contributed by atoms with Crippen LogP contribution in [0.3, 0.4) is 0 Å². The molecule has 132 valence electrons. The molecule has 0 radical (unpaired) electrons. The lowest BCUT2D eigenvalue weighted by atomic mass is 9.84. The third-order valence-corrected chi connectivity index (χ3v) is 4.41. The molecule has 1 aliphatic rings. The van der Waals surface area contributed by atoms with Crippen LogP contribution in [0, 0.1) is 0 Å². The number of carbonyl (C=O) groups is 1. The average Bonchev–Trinajstić information content (AvgIpc) is 2.65. The minimum absolute atomic E-state index is 0.0532. The fourth-order valence-corrected chi connectivity index (χ4v) is 3.17. The molecule has 1 N–H and O–H groups in total. The first kappa shape index (κ1) is 17.0. The van der Waals surface area contributed by atoms with Gasteiger partial charge in [-0.15, -0.1) is 0 Å². The summed E-state index contributed by atoms with van der Waals surface area (Å²) < 4.78 is 21.5. The van der Waals surface area contributed by atoms with Crippen molar-refractivity contribution in [3.05, 3.63) is 41.5 Å². The maximum absolute atomic E-state index is 12.2. The number of ether oxygens (including phenoxy) is 4. The summed E-state index contributed by atoms with van der Waals surface area (Å²) in [5, 5.41) is 2.91. The first-order chi connectivity index (χ1) is 12.1. The summed E-state index contributed by atoms with van der Waals surface area (Å²) in [6.45, 7) is 0. The van der Waals surface area contributed by atoms with Gasteiger partial charge in [0, 0.05) is 35.7 Å². The van der Waals surface area contributed by atoms with E-state index in [0.717, 1.165) is 16.8 Å². The minimum atomic E-state index is -0.149. The SMILES string of the molecule is COc1ccc([C@@H]2CC(=O)Nc3cc(OC)c(OC)cc32)c(OC)c1. The van der Waals surface area contributed by atoms with Gasteiger partial charge in [-0.3, -0.25) is 4.79 Å². The largest absolute Gasteiger partial charge is 0.497 e. The Morgan fingerprint density at radius 1 is 0.840 bits per heavy atom. The molecule has 0 saturated heterocycles. The summed E-state index contributed by atoms with van der Waals surface area (Å²) in [7, 11) is 6.37. The summed E-state index contributed by atoms with van der Waals surface area (Å²) >= 11 is 0. The fourth-order valence-electron chi connectivity index (χ4n) is 3.17. The van der Waals surface area contributed by atoms with Crippen LogP contribution in [0.1, 0.15) is 23.5 Å². The molecule has 0 spiro atoms. The number of hydrogen-bond donors (Lipinski definition) is 1. The molecular formula is C19H21NO5. The van der Waals surface area contributed by atoms with Crippen LogP contribution in [-0.2, 0) is 4.79 Å². The highest BCUT2D eigenvalue weighted by molar-refractivity contribution is 5.96. The molecule has 2 aromatic rings. The Morgan fingerprint density at radius 3 is 2.16 bits per heavy atom. The number of rotatable bonds is 5. The summed E-state index contributed by atoms with van der Waals surface area (Å²) in [6, 6.07) is 9.31. The Balaban J connectivity index is 2.15. The number of carbonyl (C=O) groups excluding carboxylic acids is 1. The molecule has 1 amide bonds. The van der Waals surface area contributed by atoms with Crippen molar-refractivity contribution in [1.29, 1.82) is 0 Å². The topological polar surface area (TPSA) is 66.0 Å². The van der Waals surface area contributed by atoms with Crippen LogP contribution in [0.15, 0.2) is 30.3 Å². The highest BCUT2D eigenvalue weighted by Gasteiger charge is 2.30. The third-order valence-electron chi connectivity index (χ3n) is 4.41. The molecule has 1 heterocycles. The van der Waals surface area contributed by atoms with Crippen molar-refractivity contribution in [3.63, 3.8) is 0 Å². The maximum Gasteiger partial charge on any atom is 0.225 e. The first-order valence-electron chi connectivity index (χ1n) is 7.89. The molecule has 0 saturated carbocycles. The van der Waals surface area contributed by atoms with Crippen LogP contribution in [0.2, 0.25) is 0 Å². The second-order valence-corrected chi connectivity index (χ2v) is 5.71. The van der Waals surface area contributed by atoms with Gasteiger partial charge >= 0.3 is 0 Å². The normalized spacial score (nSPS) is 15.8. The summed E-state index contributed by atoms with van der Waals surface area (Å²) in [5.41, 5.74) is 2.60. The molecule has 0 aromatic heterocycles. The molecule has 6 nitrogen and oxygen atoms in total. The number of benzene rings is 2. The van der Waals surface area contributed by atoms with Gasteiger partial charge < -0.3 is 24.3 Å². The van der Waals surface area contributed by atoms with Crippen molar-refractivity contribution in [3.8, 4) is 23.0 Å². The van der Waals surface area contributed by atoms with Crippen LogP contribution >= 0.6 is 0 Å². The summed E-state index contributed by atoms with van der Waals surface area (Å²) in [6.07, 6.45) is 0.325. The monoisotopic (exact) mass is 343 g/mol. The van der Waals surface area contributed by atoms with Crippen molar-refractivity contribution < 1.29 is 23.7 Å². The van der Waals surface area contributed by atoms with Crippen molar-refractivity contribution in [1.82, 2.24) is 0 Å². The van der Waals surface area contributed by atoms with Gasteiger partial charge in [0.25, 0.3) is 0 Å². The highest BCUT2D eigenvalue weighted by atomic mass is 16.5. The number of fused-ring (bicyclic) bond motifs is 1. The standard InChI is InChI=1S/C19H21NO5/c1-22-11-5-6-12(16(7-11)23-2)13-9-19(21)20-15-10-18(25-4)17(24-3)8-14(13)15/h5-8,10,13H,9H2,1-4H3,(H,20,21)/t13-/m0/s1. The maximum atomic E-state index is 12.2. The summed E-state index contributed by atoms with van der Waals surface area (Å²) in [4.78, 5) is 12.2. The van der Waals surface area contributed by atoms with Gasteiger partial charge in [0.2, 0.25) is 5.91 Å². The second-order valence-electron chi connectivity index (χ2n) is 5.71. The molecule has 0 bridgehead atoms. The molecule has 1 atom stereocenters. The molecule has 25 heavy (non-hydrogen) atoms. The smallest absolute Gasteiger partial charge is 0.225 e. The molecule has 1 aliphatic heterocycles. The molecule has 0 aliphatic carbocycles. The van der Waals surface area contributed by atoms with Crippen LogP contribution in [0.25, 0.3) is 0 Å². The van der Waals surface area contributed by atoms with Crippen molar-refractivity contribution in [2.45, 2.75) is 12.3 Å². The van der Waals surface area contributed by atoms with Gasteiger partial charge in [-0.05, 0) is 17.7 Å². The van der Waals surface area contributed by atoms with Gasteiger partial charge in [-0.1, -0.05) is 6.07 Å². The molecule has 3 rings (SSSR count). The number of hydrogen-bond acceptors (Lipinski definition) is 5. The molecule has 6 heteroatoms. The van der Waals surface area contributed by atoms with E-state index in [1.807, 2.05) is 24.3 Å². The highest BCUT2D eigenvalue weighted by Crippen LogP contribution is 2.45. The predicted octanol–water partition coefficient (Wildman–Crippen LogP) is 3.20. The van der Waals surface area contributed by atoms with Gasteiger partial charge in [-0.2, -0.15) is 0 Å². The van der Waals surface area contributed by atoms with E-state index in [0.29, 0.717) is 29.4 Å². The Bertz CT molecular complexity index is 803. The summed E-state index contributed by atoms with van der Waals surface area (Å²) in [5.74, 6) is 2.37. The Labute approximate surface area is 146 Å². The third kappa shape index (κ3) is 3.07. The van der Waals surface area contributed by atoms with Gasteiger partial charge in [0.15, 0.2) is 11.5 Å². The Hall–Kier alpha value is -2.89. The molecule has 2 aromatic carbocycles. The van der Waals surface area contributed by atoms with Crippen LogP contribution in [0.4, 0.5) is 5.69 Å². The fraction of sp³-hybridized carbons (Fsp3) is 0.316. The van der Waals surface area contributed by atoms with E-state index < -0.39 is 0 Å². The molecule has 0 unspecified atom stereocenters. The zero-order valence-electron chi connectivity index (χ0n) is 14.7. The van der Waals surface area contributed by atoms with Crippen LogP contribution < -0.4 is 24.3 Å². The predicted molar refractivity (Wildman–Crippen MR) is 94.2 cm³/mol. The average molecular weight is 343 g/mol. The van der Waals surface area contributed by atoms with E-state index in [9.17, 15) is 4.79 Å². The Morgan fingerprint density at radius 2 is 1.52 bits per heavy atom. The lowest BCUT2D eigenvalue weighted by Gasteiger charge is -2.28. The van der Waals surface area contributed by atoms with Crippen molar-refractivity contribution in [2.24, 2.45) is 0 Å². The van der Waals surface area contributed by atoms with Crippen molar-refractivity contribution >= 4 is 11.6 Å². The van der Waals surface area contributed by atoms with Crippen LogP contribution in [0.5, 0.6) is 23.0 Å². The number of amides is 1. The lowest BCUT2D eigenvalue weighted by molar-refractivity contribution is -0.116. The number of nitrogens with one attached hydrogen (secondary N) is 1. The van der Waals surface area contributed by atoms with Gasteiger partial charge in [0.1, 0.15) is 11.5 Å². The van der Waals surface area contributed by atoms with E-state index in [-0.39, 0.29) is 11.8 Å². The molecule has 0 fully saturated rings. The molecular weight excluding hydrogens is 322 g/mol. The zero-order valence-corrected chi connectivity index (χ0v) is 14.7. The van der Waals surface area contributed by atoms with Crippen molar-refractivity contribution in [2.75, 3.05) is 33.8 Å². The Kier molecular flexibility index (Phi) is 4.70. The number of anilines is 1. The quantitative estimate of drug-likeness (QED) is 0.903. The van der Waals surface area contributed by atoms with Crippen LogP contribution in [-0.4, -0.2) is 34.3 Å². The van der Waals surface area contributed by atoms with E-state index in [4.69, 9.17) is 18.9 Å². The first-order valence-corrected chi connectivity index (χ1v) is 7.89.